The molecule has 86 valence electrons. The fourth-order valence-corrected chi connectivity index (χ4v) is 1.12. The van der Waals surface area contributed by atoms with Crippen LogP contribution >= 0.6 is 0 Å². The molecule has 0 unspecified atom stereocenters. The zero-order valence-electron chi connectivity index (χ0n) is 8.79. The molecule has 1 aromatic heterocycles. The highest BCUT2D eigenvalue weighted by molar-refractivity contribution is 6.36. The number of pyridine rings is 1. The molecular formula is C10H12N2O4. The highest BCUT2D eigenvalue weighted by Crippen LogP contribution is 2.00. The average molecular weight is 224 g/mol. The number of oxime groups is 1. The van der Waals surface area contributed by atoms with Gasteiger partial charge in [-0.05, 0) is 12.5 Å². The summed E-state index contributed by atoms with van der Waals surface area (Å²) in [4.78, 5) is 11.3. The van der Waals surface area contributed by atoms with Crippen LogP contribution in [0.25, 0.3) is 0 Å². The molecule has 0 amide bonds. The van der Waals surface area contributed by atoms with Crippen LogP contribution in [-0.2, 0) is 16.0 Å². The summed E-state index contributed by atoms with van der Waals surface area (Å²) in [6, 6.07) is 3.08. The largest absolute Gasteiger partial charge is 0.619 e. The summed E-state index contributed by atoms with van der Waals surface area (Å²) in [5.41, 5.74) is 0.596. The van der Waals surface area contributed by atoms with Gasteiger partial charge in [-0.3, -0.25) is 0 Å². The van der Waals surface area contributed by atoms with Gasteiger partial charge in [-0.2, -0.15) is 4.73 Å². The van der Waals surface area contributed by atoms with Crippen molar-refractivity contribution >= 4 is 11.7 Å². The van der Waals surface area contributed by atoms with Crippen molar-refractivity contribution in [3.63, 3.8) is 0 Å². The summed E-state index contributed by atoms with van der Waals surface area (Å²) in [5, 5.41) is 22.3. The van der Waals surface area contributed by atoms with E-state index in [2.05, 4.69) is 5.16 Å². The molecule has 0 saturated heterocycles. The lowest BCUT2D eigenvalue weighted by Crippen LogP contribution is -2.25. The molecule has 1 heterocycles. The molecule has 1 rings (SSSR count). The molecular weight excluding hydrogens is 212 g/mol. The van der Waals surface area contributed by atoms with Gasteiger partial charge in [0.2, 0.25) is 0 Å². The van der Waals surface area contributed by atoms with Crippen LogP contribution in [0.1, 0.15) is 12.5 Å². The number of rotatable bonds is 4. The van der Waals surface area contributed by atoms with E-state index in [-0.39, 0.29) is 18.7 Å². The summed E-state index contributed by atoms with van der Waals surface area (Å²) in [7, 11) is 0. The van der Waals surface area contributed by atoms with Gasteiger partial charge in [0.15, 0.2) is 18.1 Å². The van der Waals surface area contributed by atoms with Gasteiger partial charge in [-0.15, -0.1) is 0 Å². The van der Waals surface area contributed by atoms with Crippen LogP contribution in [0.5, 0.6) is 0 Å². The summed E-state index contributed by atoms with van der Waals surface area (Å²) in [6.07, 6.45) is 2.72. The Morgan fingerprint density at radius 3 is 2.69 bits per heavy atom. The van der Waals surface area contributed by atoms with Crippen LogP contribution in [0.15, 0.2) is 29.7 Å². The Morgan fingerprint density at radius 2 is 2.19 bits per heavy atom. The van der Waals surface area contributed by atoms with Crippen LogP contribution in [0.3, 0.4) is 0 Å². The van der Waals surface area contributed by atoms with Gasteiger partial charge in [0.1, 0.15) is 0 Å². The number of esters is 1. The third kappa shape index (κ3) is 3.23. The smallest absolute Gasteiger partial charge is 0.356 e. The monoisotopic (exact) mass is 224 g/mol. The Labute approximate surface area is 92.4 Å². The normalized spacial score (nSPS) is 11.2. The molecule has 0 spiro atoms. The van der Waals surface area contributed by atoms with Crippen LogP contribution in [-0.4, -0.2) is 23.5 Å². The van der Waals surface area contributed by atoms with E-state index in [1.807, 2.05) is 0 Å². The second-order valence-electron chi connectivity index (χ2n) is 3.01. The predicted octanol–water partition coefficient (Wildman–Crippen LogP) is 0.256. The molecule has 0 bridgehead atoms. The van der Waals surface area contributed by atoms with E-state index in [0.29, 0.717) is 10.3 Å². The van der Waals surface area contributed by atoms with Crippen molar-refractivity contribution in [2.45, 2.75) is 13.3 Å². The Hall–Kier alpha value is -2.11. The molecule has 0 fully saturated rings. The maximum Gasteiger partial charge on any atom is 0.356 e. The quantitative estimate of drug-likeness (QED) is 0.198. The highest BCUT2D eigenvalue weighted by atomic mass is 16.5. The van der Waals surface area contributed by atoms with Crippen LogP contribution < -0.4 is 4.73 Å². The van der Waals surface area contributed by atoms with Gasteiger partial charge in [0, 0.05) is 18.6 Å². The first kappa shape index (κ1) is 12.0. The van der Waals surface area contributed by atoms with Gasteiger partial charge < -0.3 is 15.2 Å². The van der Waals surface area contributed by atoms with Crippen molar-refractivity contribution in [1.82, 2.24) is 0 Å². The summed E-state index contributed by atoms with van der Waals surface area (Å²) < 4.78 is 5.32. The molecule has 0 aliphatic rings. The van der Waals surface area contributed by atoms with E-state index in [0.717, 1.165) is 0 Å². The van der Waals surface area contributed by atoms with Gasteiger partial charge in [-0.25, -0.2) is 4.79 Å². The second kappa shape index (κ2) is 5.69. The Bertz CT molecular complexity index is 386. The molecule has 0 radical (unpaired) electrons. The minimum Gasteiger partial charge on any atom is -0.619 e. The Balaban J connectivity index is 2.71. The Morgan fingerprint density at radius 1 is 1.56 bits per heavy atom. The van der Waals surface area contributed by atoms with Gasteiger partial charge >= 0.3 is 5.97 Å². The fourth-order valence-electron chi connectivity index (χ4n) is 1.12. The zero-order valence-corrected chi connectivity index (χ0v) is 8.79. The third-order valence-corrected chi connectivity index (χ3v) is 1.87. The summed E-state index contributed by atoms with van der Waals surface area (Å²) >= 11 is 0. The fraction of sp³-hybridized carbons (Fsp3) is 0.300. The molecule has 1 aromatic rings. The van der Waals surface area contributed by atoms with Crippen LogP contribution in [0.2, 0.25) is 0 Å². The van der Waals surface area contributed by atoms with E-state index < -0.39 is 5.97 Å². The van der Waals surface area contributed by atoms with E-state index >= 15 is 0 Å². The number of nitrogens with zero attached hydrogens (tertiary/aromatic N) is 2. The predicted molar refractivity (Wildman–Crippen MR) is 55.0 cm³/mol. The minimum atomic E-state index is -0.663. The van der Waals surface area contributed by atoms with E-state index in [1.54, 1.807) is 6.92 Å². The van der Waals surface area contributed by atoms with E-state index in [4.69, 9.17) is 9.94 Å². The number of hydrogen-bond donors (Lipinski definition) is 1. The third-order valence-electron chi connectivity index (χ3n) is 1.87. The van der Waals surface area contributed by atoms with Crippen molar-refractivity contribution in [1.29, 1.82) is 0 Å². The van der Waals surface area contributed by atoms with Crippen molar-refractivity contribution in [2.75, 3.05) is 6.61 Å². The maximum atomic E-state index is 11.3. The first-order chi connectivity index (χ1) is 7.67. The minimum absolute atomic E-state index is 0.0921. The lowest BCUT2D eigenvalue weighted by atomic mass is 10.1. The summed E-state index contributed by atoms with van der Waals surface area (Å²) in [5.74, 6) is -0.663. The highest BCUT2D eigenvalue weighted by Gasteiger charge is 2.14. The molecule has 1 N–H and O–H groups in total. The first-order valence-corrected chi connectivity index (χ1v) is 4.73. The summed E-state index contributed by atoms with van der Waals surface area (Å²) in [6.45, 7) is 1.88. The molecule has 0 aliphatic carbocycles. The molecule has 0 atom stereocenters. The molecule has 0 aliphatic heterocycles. The van der Waals surface area contributed by atoms with Crippen molar-refractivity contribution in [2.24, 2.45) is 5.16 Å². The lowest BCUT2D eigenvalue weighted by molar-refractivity contribution is -0.605. The van der Waals surface area contributed by atoms with Gasteiger partial charge in [0.05, 0.1) is 6.61 Å². The number of ether oxygens (including phenoxy) is 1. The SMILES string of the molecule is CCOC(=O)/C(Cc1cc[n+]([O-])cc1)=N\O. The number of carbonyl (C=O) groups is 1. The van der Waals surface area contributed by atoms with E-state index in [9.17, 15) is 10.0 Å². The molecule has 6 nitrogen and oxygen atoms in total. The zero-order chi connectivity index (χ0) is 12.0. The van der Waals surface area contributed by atoms with Gasteiger partial charge in [0.25, 0.3) is 0 Å². The van der Waals surface area contributed by atoms with Gasteiger partial charge in [-0.1, -0.05) is 5.16 Å². The van der Waals surface area contributed by atoms with Crippen molar-refractivity contribution < 1.29 is 19.5 Å². The van der Waals surface area contributed by atoms with Crippen molar-refractivity contribution in [3.8, 4) is 0 Å². The molecule has 0 saturated carbocycles. The van der Waals surface area contributed by atoms with Crippen LogP contribution in [0.4, 0.5) is 0 Å². The molecule has 0 aromatic carbocycles. The number of carbonyl (C=O) groups excluding carboxylic acids is 1. The van der Waals surface area contributed by atoms with Crippen LogP contribution in [0, 0.1) is 5.21 Å². The maximum absolute atomic E-state index is 11.3. The number of hydrogen-bond acceptors (Lipinski definition) is 5. The average Bonchev–Trinajstić information content (AvgIpc) is 2.28. The second-order valence-corrected chi connectivity index (χ2v) is 3.01. The standard InChI is InChI=1S/C10H12N2O4/c1-2-16-10(13)9(11-14)7-8-3-5-12(15)6-4-8/h3-6,14H,2,7H2,1H3/b11-9-. The molecule has 16 heavy (non-hydrogen) atoms. The van der Waals surface area contributed by atoms with E-state index in [1.165, 1.54) is 24.5 Å². The number of aromatic nitrogens is 1. The Kier molecular flexibility index (Phi) is 4.26. The lowest BCUT2D eigenvalue weighted by Gasteiger charge is -2.03. The van der Waals surface area contributed by atoms with Crippen molar-refractivity contribution in [3.05, 3.63) is 35.3 Å². The topological polar surface area (TPSA) is 85.8 Å². The first-order valence-electron chi connectivity index (χ1n) is 4.73. The molecule has 6 heteroatoms.